The van der Waals surface area contributed by atoms with Crippen LogP contribution in [0.25, 0.3) is 0 Å². The van der Waals surface area contributed by atoms with Gasteiger partial charge in [0.1, 0.15) is 5.60 Å². The summed E-state index contributed by atoms with van der Waals surface area (Å²) >= 11 is 0. The van der Waals surface area contributed by atoms with Crippen molar-refractivity contribution in [1.82, 2.24) is 0 Å². The predicted molar refractivity (Wildman–Crippen MR) is 40.0 cm³/mol. The zero-order chi connectivity index (χ0) is 10.6. The van der Waals surface area contributed by atoms with E-state index in [1.54, 1.807) is 0 Å². The summed E-state index contributed by atoms with van der Waals surface area (Å²) in [4.78, 5) is 30.0. The van der Waals surface area contributed by atoms with Gasteiger partial charge in [-0.05, 0) is 0 Å². The largest absolute Gasteiger partial charge is 3.00 e. The number of carboxylic acids is 3. The molecule has 0 amide bonds. The van der Waals surface area contributed by atoms with E-state index in [1.807, 2.05) is 0 Å². The summed E-state index contributed by atoms with van der Waals surface area (Å²) in [6.07, 6.45) is -2.72. The van der Waals surface area contributed by atoms with Gasteiger partial charge in [0.2, 0.25) is 0 Å². The van der Waals surface area contributed by atoms with E-state index in [0.29, 0.717) is 0 Å². The summed E-state index contributed by atoms with van der Waals surface area (Å²) in [6.45, 7) is 0. The van der Waals surface area contributed by atoms with Gasteiger partial charge in [0.25, 0.3) is 0 Å². The molecule has 0 rings (SSSR count). The van der Waals surface area contributed by atoms with Crippen molar-refractivity contribution >= 4 is 17.9 Å². The van der Waals surface area contributed by atoms with Crippen molar-refractivity contribution in [3.8, 4) is 0 Å². The van der Waals surface area contributed by atoms with Crippen LogP contribution in [0.4, 0.5) is 0 Å². The molecule has 7 N–H and O–H groups in total. The molecule has 0 aromatic heterocycles. The van der Waals surface area contributed by atoms with Gasteiger partial charge in [-0.2, -0.15) is 0 Å². The zero-order valence-electron chi connectivity index (χ0n) is 8.16. The van der Waals surface area contributed by atoms with Crippen molar-refractivity contribution < 1.29 is 68.3 Å². The van der Waals surface area contributed by atoms with Crippen LogP contribution in [0.2, 0.25) is 0 Å². The fourth-order valence-electron chi connectivity index (χ4n) is 0.684. The molecule has 11 heteroatoms. The third kappa shape index (κ3) is 11.0. The van der Waals surface area contributed by atoms with Crippen LogP contribution >= 0.6 is 0 Å². The number of rotatable bonds is 5. The Labute approximate surface area is 105 Å². The molecule has 0 spiro atoms. The molecule has 0 aromatic carbocycles. The molecule has 1 radical (unpaired) electrons. The van der Waals surface area contributed by atoms with Crippen molar-refractivity contribution in [2.75, 3.05) is 0 Å². The van der Waals surface area contributed by atoms with Gasteiger partial charge in [0.05, 0.1) is 5.97 Å². The SMILES string of the molecule is O.O.O.O=C([O-])CC(O)(CC(=O)[O-])C(=O)[O-].[Fe+3]. The number of aliphatic carboxylic acids is 3. The van der Waals surface area contributed by atoms with Gasteiger partial charge < -0.3 is 51.2 Å². The van der Waals surface area contributed by atoms with Crippen LogP contribution in [-0.2, 0) is 31.5 Å². The van der Waals surface area contributed by atoms with E-state index in [4.69, 9.17) is 5.11 Å². The summed E-state index contributed by atoms with van der Waals surface area (Å²) < 4.78 is 0. The molecule has 0 bridgehead atoms. The van der Waals surface area contributed by atoms with E-state index in [9.17, 15) is 29.7 Å². The van der Waals surface area contributed by atoms with Crippen LogP contribution in [0.5, 0.6) is 0 Å². The molecule has 0 fully saturated rings. The first-order chi connectivity index (χ1) is 5.78. The van der Waals surface area contributed by atoms with Crippen LogP contribution < -0.4 is 15.3 Å². The van der Waals surface area contributed by atoms with Crippen LogP contribution in [0.1, 0.15) is 12.8 Å². The topological polar surface area (TPSA) is 235 Å². The number of carbonyl (C=O) groups excluding carboxylic acids is 3. The van der Waals surface area contributed by atoms with Crippen molar-refractivity contribution in [1.29, 1.82) is 0 Å². The summed E-state index contributed by atoms with van der Waals surface area (Å²) in [5, 5.41) is 38.9. The van der Waals surface area contributed by atoms with Gasteiger partial charge in [-0.25, -0.2) is 0 Å². The Morgan fingerprint density at radius 2 is 1.12 bits per heavy atom. The van der Waals surface area contributed by atoms with Gasteiger partial charge in [-0.1, -0.05) is 0 Å². The molecule has 0 saturated carbocycles. The molecule has 0 atom stereocenters. The molecule has 0 aliphatic heterocycles. The maximum atomic E-state index is 10.1. The second kappa shape index (κ2) is 11.3. The summed E-state index contributed by atoms with van der Waals surface area (Å²) in [5.74, 6) is -5.98. The first-order valence-electron chi connectivity index (χ1n) is 3.11. The minimum atomic E-state index is -2.97. The minimum Gasteiger partial charge on any atom is -0.550 e. The van der Waals surface area contributed by atoms with E-state index in [2.05, 4.69) is 0 Å². The van der Waals surface area contributed by atoms with Gasteiger partial charge in [0.15, 0.2) is 0 Å². The molecule has 0 unspecified atom stereocenters. The number of carbonyl (C=O) groups is 3. The standard InChI is InChI=1S/C6H8O7.Fe.3H2O/c7-3(8)1-6(13,5(11)12)2-4(9)10;;;;/h13H,1-2H2,(H,7,8)(H,9,10)(H,11,12);;3*1H2/q;+3;;;/p-3. The Hall–Kier alpha value is -1.23. The number of hydrogen-bond donors (Lipinski definition) is 1. The first kappa shape index (κ1) is 29.7. The van der Waals surface area contributed by atoms with Crippen LogP contribution in [-0.4, -0.2) is 45.0 Å². The average molecular weight is 299 g/mol. The van der Waals surface area contributed by atoms with Crippen molar-refractivity contribution in [2.45, 2.75) is 18.4 Å². The van der Waals surface area contributed by atoms with E-state index in [0.717, 1.165) is 0 Å². The molecular formula is C6H11FeO10. The van der Waals surface area contributed by atoms with Crippen molar-refractivity contribution in [3.05, 3.63) is 0 Å². The third-order valence-corrected chi connectivity index (χ3v) is 1.25. The molecule has 0 aliphatic carbocycles. The van der Waals surface area contributed by atoms with Crippen molar-refractivity contribution in [3.63, 3.8) is 0 Å². The fourth-order valence-corrected chi connectivity index (χ4v) is 0.684. The Bertz CT molecular complexity index is 235. The monoisotopic (exact) mass is 299 g/mol. The second-order valence-electron chi connectivity index (χ2n) is 2.42. The molecule has 0 saturated heterocycles. The average Bonchev–Trinajstić information content (AvgIpc) is 1.82. The van der Waals surface area contributed by atoms with E-state index in [1.165, 1.54) is 0 Å². The van der Waals surface area contributed by atoms with Crippen LogP contribution in [0, 0.1) is 0 Å². The van der Waals surface area contributed by atoms with Crippen molar-refractivity contribution in [2.24, 2.45) is 0 Å². The molecule has 0 heterocycles. The van der Waals surface area contributed by atoms with E-state index >= 15 is 0 Å². The summed E-state index contributed by atoms with van der Waals surface area (Å²) in [7, 11) is 0. The number of aliphatic hydroxyl groups is 1. The normalized spacial score (nSPS) is 8.29. The smallest absolute Gasteiger partial charge is 0.550 e. The van der Waals surface area contributed by atoms with Gasteiger partial charge in [0, 0.05) is 24.8 Å². The molecular weight excluding hydrogens is 288 g/mol. The Morgan fingerprint density at radius 1 is 0.882 bits per heavy atom. The van der Waals surface area contributed by atoms with Gasteiger partial charge in [-0.15, -0.1) is 0 Å². The quantitative estimate of drug-likeness (QED) is 0.480. The van der Waals surface area contributed by atoms with Crippen LogP contribution in [0.15, 0.2) is 0 Å². The molecule has 10 nitrogen and oxygen atoms in total. The predicted octanol–water partition coefficient (Wildman–Crippen LogP) is -7.73. The second-order valence-corrected chi connectivity index (χ2v) is 2.42. The first-order valence-corrected chi connectivity index (χ1v) is 3.11. The summed E-state index contributed by atoms with van der Waals surface area (Å²) in [6, 6.07) is 0. The van der Waals surface area contributed by atoms with Gasteiger partial charge >= 0.3 is 17.1 Å². The third-order valence-electron chi connectivity index (χ3n) is 1.25. The summed E-state index contributed by atoms with van der Waals surface area (Å²) in [5.41, 5.74) is -2.97. The number of hydrogen-bond acceptors (Lipinski definition) is 7. The van der Waals surface area contributed by atoms with E-state index in [-0.39, 0.29) is 33.5 Å². The maximum Gasteiger partial charge on any atom is 3.00 e. The number of carboxylic acid groups (broad SMARTS) is 3. The molecule has 103 valence electrons. The Kier molecular flexibility index (Phi) is 19.6. The fraction of sp³-hybridized carbons (Fsp3) is 0.500. The van der Waals surface area contributed by atoms with Crippen LogP contribution in [0.3, 0.4) is 0 Å². The molecule has 17 heavy (non-hydrogen) atoms. The minimum absolute atomic E-state index is 0. The molecule has 0 aliphatic rings. The zero-order valence-corrected chi connectivity index (χ0v) is 9.27. The van der Waals surface area contributed by atoms with E-state index < -0.39 is 36.4 Å². The molecule has 0 aromatic rings. The Morgan fingerprint density at radius 3 is 1.24 bits per heavy atom. The Balaban J connectivity index is -0.000000120. The van der Waals surface area contributed by atoms with Gasteiger partial charge in [-0.3, -0.25) is 0 Å². The maximum absolute atomic E-state index is 10.1.